The van der Waals surface area contributed by atoms with Gasteiger partial charge in [0.25, 0.3) is 0 Å². The van der Waals surface area contributed by atoms with E-state index in [1.165, 1.54) is 31.0 Å². The zero-order chi connectivity index (χ0) is 28.4. The number of carbonyl (C=O) groups is 1. The van der Waals surface area contributed by atoms with Gasteiger partial charge in [0.15, 0.2) is 6.61 Å². The zero-order valence-corrected chi connectivity index (χ0v) is 23.0. The van der Waals surface area contributed by atoms with Crippen molar-refractivity contribution in [2.24, 2.45) is 0 Å². The molecule has 0 aliphatic heterocycles. The number of para-hydroxylation sites is 1. The van der Waals surface area contributed by atoms with Crippen molar-refractivity contribution >= 4 is 28.6 Å². The van der Waals surface area contributed by atoms with Gasteiger partial charge in [-0.2, -0.15) is 18.3 Å². The van der Waals surface area contributed by atoms with Crippen LogP contribution < -0.4 is 9.47 Å². The Bertz CT molecular complexity index is 1480. The van der Waals surface area contributed by atoms with Crippen molar-refractivity contribution in [1.29, 1.82) is 0 Å². The number of benzene rings is 3. The van der Waals surface area contributed by atoms with Crippen LogP contribution in [0.4, 0.5) is 13.2 Å². The number of nitrogens with zero attached hydrogens (tertiary/aromatic N) is 1. The highest BCUT2D eigenvalue weighted by molar-refractivity contribution is 7.99. The number of hydrogen-bond donors (Lipinski definition) is 1. The van der Waals surface area contributed by atoms with Gasteiger partial charge < -0.3 is 14.2 Å². The Kier molecular flexibility index (Phi) is 8.15. The van der Waals surface area contributed by atoms with E-state index >= 15 is 0 Å². The van der Waals surface area contributed by atoms with E-state index in [0.29, 0.717) is 11.3 Å². The van der Waals surface area contributed by atoms with Crippen LogP contribution in [-0.2, 0) is 15.7 Å². The fraction of sp³-hybridized carbons (Fsp3) is 0.310. The number of ether oxygens (including phenoxy) is 3. The predicted molar refractivity (Wildman–Crippen MR) is 144 cm³/mol. The summed E-state index contributed by atoms with van der Waals surface area (Å²) < 4.78 is 56.7. The van der Waals surface area contributed by atoms with E-state index in [0.717, 1.165) is 33.1 Å². The second kappa shape index (κ2) is 11.2. The summed E-state index contributed by atoms with van der Waals surface area (Å²) in [4.78, 5) is 12.9. The summed E-state index contributed by atoms with van der Waals surface area (Å²) in [6, 6.07) is 17.0. The third kappa shape index (κ3) is 6.86. The Morgan fingerprint density at radius 2 is 1.77 bits per heavy atom. The van der Waals surface area contributed by atoms with Crippen molar-refractivity contribution in [3.05, 3.63) is 83.0 Å². The minimum Gasteiger partial charge on any atom is -0.496 e. The first-order chi connectivity index (χ1) is 18.4. The predicted octanol–water partition coefficient (Wildman–Crippen LogP) is 7.50. The maximum absolute atomic E-state index is 13.5. The molecule has 0 radical (unpaired) electrons. The number of fused-ring (bicyclic) bond motifs is 1. The molecule has 0 aliphatic rings. The Labute approximate surface area is 228 Å². The van der Waals surface area contributed by atoms with E-state index in [2.05, 4.69) is 10.2 Å². The minimum atomic E-state index is -4.54. The molecule has 1 aromatic heterocycles. The van der Waals surface area contributed by atoms with Crippen LogP contribution in [0.2, 0.25) is 0 Å². The van der Waals surface area contributed by atoms with E-state index in [4.69, 9.17) is 14.2 Å². The molecule has 1 N–H and O–H groups in total. The van der Waals surface area contributed by atoms with Crippen molar-refractivity contribution in [2.45, 2.75) is 49.6 Å². The molecule has 0 amide bonds. The molecule has 1 atom stereocenters. The van der Waals surface area contributed by atoms with Crippen LogP contribution in [0, 0.1) is 6.92 Å². The summed E-state index contributed by atoms with van der Waals surface area (Å²) in [7, 11) is 1.22. The summed E-state index contributed by atoms with van der Waals surface area (Å²) in [6.07, 6.45) is -4.54. The lowest BCUT2D eigenvalue weighted by atomic mass is 10.0. The quantitative estimate of drug-likeness (QED) is 0.178. The Morgan fingerprint density at radius 1 is 1.03 bits per heavy atom. The number of hydrogen-bond acceptors (Lipinski definition) is 6. The summed E-state index contributed by atoms with van der Waals surface area (Å²) in [5.41, 5.74) is 1.46. The average molecular weight is 559 g/mol. The number of thioether (sulfide) groups is 1. The normalized spacial score (nSPS) is 12.8. The topological polar surface area (TPSA) is 73.4 Å². The smallest absolute Gasteiger partial charge is 0.419 e. The average Bonchev–Trinajstić information content (AvgIpc) is 3.28. The van der Waals surface area contributed by atoms with E-state index < -0.39 is 28.6 Å². The van der Waals surface area contributed by atoms with Crippen LogP contribution in [0.15, 0.2) is 65.6 Å². The van der Waals surface area contributed by atoms with Crippen molar-refractivity contribution in [3.63, 3.8) is 0 Å². The number of aromatic nitrogens is 2. The van der Waals surface area contributed by atoms with Crippen LogP contribution in [0.25, 0.3) is 10.9 Å². The van der Waals surface area contributed by atoms with Crippen LogP contribution in [0.3, 0.4) is 0 Å². The van der Waals surface area contributed by atoms with E-state index in [1.54, 1.807) is 26.8 Å². The molecule has 6 nitrogen and oxygen atoms in total. The van der Waals surface area contributed by atoms with Gasteiger partial charge in [0.1, 0.15) is 17.1 Å². The van der Waals surface area contributed by atoms with E-state index in [1.807, 2.05) is 43.3 Å². The number of H-pyrrole nitrogens is 1. The van der Waals surface area contributed by atoms with Crippen LogP contribution in [0.5, 0.6) is 11.5 Å². The second-order valence-corrected chi connectivity index (χ2v) is 11.1. The lowest BCUT2D eigenvalue weighted by Gasteiger charge is -2.20. The Balaban J connectivity index is 1.66. The van der Waals surface area contributed by atoms with E-state index in [-0.39, 0.29) is 12.4 Å². The molecule has 39 heavy (non-hydrogen) atoms. The lowest BCUT2D eigenvalue weighted by molar-refractivity contribution is -0.157. The first kappa shape index (κ1) is 28.4. The first-order valence-electron chi connectivity index (χ1n) is 12.2. The highest BCUT2D eigenvalue weighted by Gasteiger charge is 2.35. The van der Waals surface area contributed by atoms with Gasteiger partial charge in [-0.3, -0.25) is 5.10 Å². The lowest BCUT2D eigenvalue weighted by Crippen LogP contribution is -2.27. The number of alkyl halides is 3. The van der Waals surface area contributed by atoms with Crippen LogP contribution in [-0.4, -0.2) is 35.5 Å². The number of aryl methyl sites for hydroxylation is 1. The molecule has 0 saturated heterocycles. The second-order valence-electron chi connectivity index (χ2n) is 9.91. The van der Waals surface area contributed by atoms with Crippen molar-refractivity contribution in [1.82, 2.24) is 10.2 Å². The molecule has 206 valence electrons. The molecule has 0 saturated carbocycles. The monoisotopic (exact) mass is 558 g/mol. The molecule has 0 fully saturated rings. The molecule has 0 spiro atoms. The number of methoxy groups -OCH3 is 1. The molecule has 0 bridgehead atoms. The summed E-state index contributed by atoms with van der Waals surface area (Å²) >= 11 is 1.45. The molecule has 10 heteroatoms. The number of carbonyl (C=O) groups excluding carboxylic acids is 1. The molecule has 1 heterocycles. The van der Waals surface area contributed by atoms with Crippen molar-refractivity contribution in [3.8, 4) is 11.5 Å². The van der Waals surface area contributed by atoms with Gasteiger partial charge >= 0.3 is 12.1 Å². The van der Waals surface area contributed by atoms with Gasteiger partial charge in [0.05, 0.1) is 29.1 Å². The summed E-state index contributed by atoms with van der Waals surface area (Å²) in [5.74, 6) is -0.191. The minimum absolute atomic E-state index is 0.224. The molecule has 1 unspecified atom stereocenters. The Hall–Kier alpha value is -3.66. The number of halogens is 3. The molecule has 3 aromatic carbocycles. The van der Waals surface area contributed by atoms with Crippen molar-refractivity contribution < 1.29 is 32.2 Å². The molecular formula is C29H29F3N2O4S. The summed E-state index contributed by atoms with van der Waals surface area (Å²) in [5, 5.41) is 7.91. The molecule has 0 aliphatic carbocycles. The highest BCUT2D eigenvalue weighted by Crippen LogP contribution is 2.45. The Morgan fingerprint density at radius 3 is 2.44 bits per heavy atom. The van der Waals surface area contributed by atoms with Gasteiger partial charge in [-0.25, -0.2) is 4.79 Å². The third-order valence-corrected chi connectivity index (χ3v) is 7.02. The molecule has 4 aromatic rings. The number of esters is 1. The molecule has 4 rings (SSSR count). The standard InChI is InChI=1S/C29H29F3N2O4S/c1-17-14-19(11-13-23(17)37-16-25(35)38-28(2,3)4)39-27(26-20-8-6-7-9-22(20)33-34-26)18-10-12-21(29(30,31)32)24(15-18)36-5/h6-15,27H,16H2,1-5H3,(H,33,34). The number of rotatable bonds is 8. The zero-order valence-electron chi connectivity index (χ0n) is 22.2. The van der Waals surface area contributed by atoms with E-state index in [9.17, 15) is 18.0 Å². The fourth-order valence-corrected chi connectivity index (χ4v) is 5.32. The van der Waals surface area contributed by atoms with Crippen LogP contribution >= 0.6 is 11.8 Å². The van der Waals surface area contributed by atoms with Gasteiger partial charge in [-0.05, 0) is 75.2 Å². The largest absolute Gasteiger partial charge is 0.496 e. The number of aromatic amines is 1. The van der Waals surface area contributed by atoms with Crippen LogP contribution in [0.1, 0.15) is 48.4 Å². The maximum atomic E-state index is 13.5. The van der Waals surface area contributed by atoms with Gasteiger partial charge in [-0.1, -0.05) is 24.3 Å². The SMILES string of the molecule is COc1cc(C(Sc2ccc(OCC(=O)OC(C)(C)C)c(C)c2)c2[nH]nc3ccccc23)ccc1C(F)(F)F. The third-order valence-electron chi connectivity index (χ3n) is 5.75. The highest BCUT2D eigenvalue weighted by atomic mass is 32.2. The number of nitrogens with one attached hydrogen (secondary N) is 1. The fourth-order valence-electron chi connectivity index (χ4n) is 4.08. The van der Waals surface area contributed by atoms with Gasteiger partial charge in [0, 0.05) is 10.3 Å². The molecular weight excluding hydrogens is 529 g/mol. The van der Waals surface area contributed by atoms with Crippen molar-refractivity contribution in [2.75, 3.05) is 13.7 Å². The van der Waals surface area contributed by atoms with Gasteiger partial charge in [-0.15, -0.1) is 11.8 Å². The summed E-state index contributed by atoms with van der Waals surface area (Å²) in [6.45, 7) is 6.99. The maximum Gasteiger partial charge on any atom is 0.419 e. The first-order valence-corrected chi connectivity index (χ1v) is 13.0. The van der Waals surface area contributed by atoms with Gasteiger partial charge in [0.2, 0.25) is 0 Å².